The van der Waals surface area contributed by atoms with Gasteiger partial charge >= 0.3 is 0 Å². The highest BCUT2D eigenvalue weighted by Crippen LogP contribution is 1.77. The van der Waals surface area contributed by atoms with Crippen molar-refractivity contribution < 1.29 is 0 Å². The maximum Gasteiger partial charge on any atom is -0.0564 e. The van der Waals surface area contributed by atoms with Gasteiger partial charge in [-0.05, 0) is 0 Å². The van der Waals surface area contributed by atoms with Crippen molar-refractivity contribution in [2.45, 2.75) is 75.7 Å². The van der Waals surface area contributed by atoms with Gasteiger partial charge < -0.3 is 0 Å². The fourth-order valence-electron chi connectivity index (χ4n) is 0. The Bertz CT molecular complexity index is 8.00. The lowest BCUT2D eigenvalue weighted by molar-refractivity contribution is 0.886. The van der Waals surface area contributed by atoms with Gasteiger partial charge in [0.2, 0.25) is 0 Å². The molecule has 0 fully saturated rings. The van der Waals surface area contributed by atoms with Crippen molar-refractivity contribution in [3.8, 4) is 0 Å². The Morgan fingerprint density at radius 1 is 0.455 bits per heavy atom. The highest BCUT2D eigenvalue weighted by atomic mass is 13.6. The fraction of sp³-hybridized carbons (Fsp3) is 1.00. The van der Waals surface area contributed by atoms with Crippen molar-refractivity contribution in [1.82, 2.24) is 0 Å². The second-order valence-electron chi connectivity index (χ2n) is 2.00. The summed E-state index contributed by atoms with van der Waals surface area (Å²) in [7, 11) is 0. The Balaban J connectivity index is -0.0000000171. The minimum atomic E-state index is 0. The van der Waals surface area contributed by atoms with E-state index in [0.29, 0.717) is 0 Å². The van der Waals surface area contributed by atoms with E-state index in [2.05, 4.69) is 27.7 Å². The summed E-state index contributed by atoms with van der Waals surface area (Å²) in [4.78, 5) is 0. The minimum Gasteiger partial charge on any atom is -0.0776 e. The lowest BCUT2D eigenvalue weighted by Gasteiger charge is -1.68. The molecule has 0 heteroatoms. The van der Waals surface area contributed by atoms with Crippen LogP contribution >= 0.6 is 0 Å². The molecule has 0 radical (unpaired) electrons. The minimum absolute atomic E-state index is 0. The van der Waals surface area contributed by atoms with E-state index in [9.17, 15) is 0 Å². The fourth-order valence-corrected chi connectivity index (χ4v) is 0. The third-order valence-electron chi connectivity index (χ3n) is 1.000. The predicted molar refractivity (Wildman–Crippen MR) is 61.4 cm³/mol. The van der Waals surface area contributed by atoms with Crippen LogP contribution in [0.5, 0.6) is 0 Å². The zero-order valence-corrected chi connectivity index (χ0v) is 6.83. The van der Waals surface area contributed by atoms with Crippen LogP contribution in [0.3, 0.4) is 0 Å². The van der Waals surface area contributed by atoms with E-state index in [1.54, 1.807) is 0 Å². The topological polar surface area (TPSA) is 0 Å². The molecule has 0 saturated heterocycles. The lowest BCUT2D eigenvalue weighted by atomic mass is 10.4. The summed E-state index contributed by atoms with van der Waals surface area (Å²) in [6.45, 7) is 8.72. The van der Waals surface area contributed by atoms with E-state index in [-0.39, 0.29) is 22.3 Å². The Kier molecular flexibility index (Phi) is 141. The number of hydrogen-bond acceptors (Lipinski definition) is 0. The molecule has 0 aromatic carbocycles. The molecule has 0 rings (SSSR count). The summed E-state index contributed by atoms with van der Waals surface area (Å²) in [5, 5.41) is 0. The smallest absolute Gasteiger partial charge is 0.0564 e. The zero-order valence-electron chi connectivity index (χ0n) is 6.83. The molecule has 0 aromatic heterocycles. The van der Waals surface area contributed by atoms with E-state index in [1.165, 1.54) is 25.7 Å². The third kappa shape index (κ3) is 160. The normalized spacial score (nSPS) is 5.45. The predicted octanol–water partition coefficient (Wildman–Crippen LogP) is 5.52. The molecule has 11 heavy (non-hydrogen) atoms. The molecule has 0 atom stereocenters. The summed E-state index contributed by atoms with van der Waals surface area (Å²) in [6, 6.07) is 0. The summed E-state index contributed by atoms with van der Waals surface area (Å²) in [6.07, 6.45) is 5.28. The Morgan fingerprint density at radius 3 is 0.545 bits per heavy atom. The van der Waals surface area contributed by atoms with Crippen LogP contribution in [0.2, 0.25) is 0 Å². The van der Waals surface area contributed by atoms with E-state index in [1.807, 2.05) is 0 Å². The molecule has 0 heterocycles. The first-order valence-electron chi connectivity index (χ1n) is 3.83. The second-order valence-corrected chi connectivity index (χ2v) is 2.00. The molecule has 0 aliphatic rings. The van der Waals surface area contributed by atoms with Crippen LogP contribution in [0.4, 0.5) is 0 Å². The molecular formula is C11H32. The van der Waals surface area contributed by atoms with Gasteiger partial charge in [0.15, 0.2) is 0 Å². The highest BCUT2D eigenvalue weighted by Gasteiger charge is 1.56. The molecule has 0 N–H and O–H groups in total. The SMILES string of the molecule is C.C.C.CCCC.CCCC. The first-order chi connectivity index (χ1) is 3.83. The summed E-state index contributed by atoms with van der Waals surface area (Å²) >= 11 is 0. The van der Waals surface area contributed by atoms with Crippen molar-refractivity contribution in [2.75, 3.05) is 0 Å². The average Bonchev–Trinajstić information content (AvgIpc) is 1.88. The molecule has 0 aliphatic heterocycles. The standard InChI is InChI=1S/2C4H10.3CH4/c2*1-3-4-2;;;/h2*3-4H2,1-2H3;3*1H4. The van der Waals surface area contributed by atoms with Crippen LogP contribution in [-0.2, 0) is 0 Å². The largest absolute Gasteiger partial charge is 0.0776 e. The first kappa shape index (κ1) is 30.6. The van der Waals surface area contributed by atoms with Crippen molar-refractivity contribution in [3.63, 3.8) is 0 Å². The molecule has 0 saturated carbocycles. The van der Waals surface area contributed by atoms with Gasteiger partial charge in [-0.2, -0.15) is 0 Å². The van der Waals surface area contributed by atoms with E-state index < -0.39 is 0 Å². The van der Waals surface area contributed by atoms with Crippen molar-refractivity contribution >= 4 is 0 Å². The molecule has 0 aromatic rings. The van der Waals surface area contributed by atoms with Crippen LogP contribution in [-0.4, -0.2) is 0 Å². The first-order valence-corrected chi connectivity index (χ1v) is 3.83. The summed E-state index contributed by atoms with van der Waals surface area (Å²) in [5.41, 5.74) is 0. The van der Waals surface area contributed by atoms with Gasteiger partial charge in [0.05, 0.1) is 0 Å². The number of unbranched alkanes of at least 4 members (excludes halogenated alkanes) is 2. The van der Waals surface area contributed by atoms with Gasteiger partial charge in [0, 0.05) is 0 Å². The summed E-state index contributed by atoms with van der Waals surface area (Å²) < 4.78 is 0. The third-order valence-corrected chi connectivity index (χ3v) is 1.000. The molecular weight excluding hydrogens is 132 g/mol. The van der Waals surface area contributed by atoms with E-state index in [4.69, 9.17) is 0 Å². The molecule has 0 amide bonds. The van der Waals surface area contributed by atoms with Crippen LogP contribution in [0.15, 0.2) is 0 Å². The van der Waals surface area contributed by atoms with Gasteiger partial charge in [-0.25, -0.2) is 0 Å². The van der Waals surface area contributed by atoms with Crippen LogP contribution < -0.4 is 0 Å². The van der Waals surface area contributed by atoms with E-state index >= 15 is 0 Å². The van der Waals surface area contributed by atoms with Crippen molar-refractivity contribution in [1.29, 1.82) is 0 Å². The molecule has 0 aliphatic carbocycles. The second kappa shape index (κ2) is 50.6. The van der Waals surface area contributed by atoms with Gasteiger partial charge in [-0.15, -0.1) is 0 Å². The number of hydrogen-bond donors (Lipinski definition) is 0. The molecule has 0 nitrogen and oxygen atoms in total. The monoisotopic (exact) mass is 164 g/mol. The van der Waals surface area contributed by atoms with E-state index in [0.717, 1.165) is 0 Å². The van der Waals surface area contributed by atoms with Crippen molar-refractivity contribution in [3.05, 3.63) is 0 Å². The average molecular weight is 164 g/mol. The summed E-state index contributed by atoms with van der Waals surface area (Å²) in [5.74, 6) is 0. The quantitative estimate of drug-likeness (QED) is 0.504. The maximum atomic E-state index is 2.18. The van der Waals surface area contributed by atoms with Gasteiger partial charge in [-0.3, -0.25) is 0 Å². The molecule has 0 spiro atoms. The number of rotatable bonds is 2. The zero-order chi connectivity index (χ0) is 6.83. The van der Waals surface area contributed by atoms with Crippen LogP contribution in [0.1, 0.15) is 75.7 Å². The van der Waals surface area contributed by atoms with Gasteiger partial charge in [-0.1, -0.05) is 75.7 Å². The molecule has 0 unspecified atom stereocenters. The highest BCUT2D eigenvalue weighted by molar-refractivity contribution is 4.13. The van der Waals surface area contributed by atoms with Gasteiger partial charge in [0.25, 0.3) is 0 Å². The Labute approximate surface area is 76.4 Å². The van der Waals surface area contributed by atoms with Crippen LogP contribution in [0, 0.1) is 0 Å². The van der Waals surface area contributed by atoms with Crippen LogP contribution in [0.25, 0.3) is 0 Å². The van der Waals surface area contributed by atoms with Gasteiger partial charge in [0.1, 0.15) is 0 Å². The molecule has 0 bridgehead atoms. The Hall–Kier alpha value is 0. The lowest BCUT2D eigenvalue weighted by Crippen LogP contribution is -1.47. The van der Waals surface area contributed by atoms with Crippen molar-refractivity contribution in [2.24, 2.45) is 0 Å². The maximum absolute atomic E-state index is 2.18. The molecule has 76 valence electrons. The Morgan fingerprint density at radius 2 is 0.545 bits per heavy atom.